The number of unbranched alkanes of at least 4 members (excludes halogenated alkanes) is 24. The Kier molecular flexibility index (Phi) is 83.4. The van der Waals surface area contributed by atoms with Crippen LogP contribution >= 0.6 is 0 Å². The van der Waals surface area contributed by atoms with Crippen molar-refractivity contribution < 1.29 is 172 Å². The summed E-state index contributed by atoms with van der Waals surface area (Å²) in [6, 6.07) is 0. The predicted octanol–water partition coefficient (Wildman–Crippen LogP) is 3.31. The van der Waals surface area contributed by atoms with Gasteiger partial charge in [-0.3, -0.25) is 33.6 Å². The summed E-state index contributed by atoms with van der Waals surface area (Å²) in [5, 5.41) is 0. The third kappa shape index (κ3) is 86.8. The summed E-state index contributed by atoms with van der Waals surface area (Å²) >= 11 is 0. The van der Waals surface area contributed by atoms with E-state index in [-0.39, 0.29) is 192 Å². The topological polar surface area (TPSA) is 289 Å². The van der Waals surface area contributed by atoms with Gasteiger partial charge in [-0.05, 0) is 96.3 Å². The number of halogens is 4. The molecule has 0 aromatic heterocycles. The van der Waals surface area contributed by atoms with Crippen LogP contribution in [0, 0.1) is 0 Å². The van der Waals surface area contributed by atoms with E-state index in [2.05, 4.69) is 57.2 Å². The van der Waals surface area contributed by atoms with Crippen LogP contribution in [-0.4, -0.2) is 251 Å². The van der Waals surface area contributed by atoms with Crippen LogP contribution in [0.3, 0.4) is 0 Å². The molecule has 0 saturated heterocycles. The fraction of sp³-hybridized carbons (Fsp3) is 0.807. The molecule has 0 saturated carbocycles. The maximum absolute atomic E-state index is 12.8. The SMILES string of the molecule is CCCCCC[C@@H](C/C=C\CCCCCCCC(=O)OCOC(=O)CCCCCCC/C=C\C[C@@H](CCCCCC)OC(=O)C[N+](C)(C)CCOC(C)=O)OC(=O)C[N+](C)(C)CCOC(C)=O.CCCCCC[C@H](C/C=C\CCCCCCCC(=O)OCOC(=O)C[N+](C)(C)CCOC(C)=O)OC(=O)C[N+](C)(C)CCOC(C)=O.[Cl-].[Cl-].[Cl-].[Cl-]. The molecular weight excluding hydrogens is 1610 g/mol. The molecule has 0 aromatic rings. The van der Waals surface area contributed by atoms with Crippen molar-refractivity contribution in [3.05, 3.63) is 36.5 Å². The van der Waals surface area contributed by atoms with Crippen molar-refractivity contribution in [3.8, 4) is 0 Å². The molecule has 30 heteroatoms. The summed E-state index contributed by atoms with van der Waals surface area (Å²) in [6.07, 6.45) is 48.6. The number of carbonyl (C=O) groups excluding carboxylic acids is 11. The molecule has 118 heavy (non-hydrogen) atoms. The molecule has 3 atom stereocenters. The highest BCUT2D eigenvalue weighted by Gasteiger charge is 2.28. The van der Waals surface area contributed by atoms with Crippen molar-refractivity contribution in [2.75, 3.05) is 149 Å². The third-order valence-corrected chi connectivity index (χ3v) is 19.1. The van der Waals surface area contributed by atoms with Gasteiger partial charge in [-0.25, -0.2) is 19.2 Å². The zero-order valence-corrected chi connectivity index (χ0v) is 78.5. The second-order valence-electron chi connectivity index (χ2n) is 32.9. The first-order valence-corrected chi connectivity index (χ1v) is 43.1. The number of hydrogen-bond acceptors (Lipinski definition) is 22. The van der Waals surface area contributed by atoms with Gasteiger partial charge in [0, 0.05) is 66.2 Å². The Morgan fingerprint density at radius 2 is 0.466 bits per heavy atom. The largest absolute Gasteiger partial charge is 1.00 e. The van der Waals surface area contributed by atoms with Crippen LogP contribution in [-0.2, 0) is 105 Å². The molecule has 0 rings (SSSR count). The van der Waals surface area contributed by atoms with E-state index in [4.69, 9.17) is 52.1 Å². The molecule has 0 radical (unpaired) electrons. The number of ether oxygens (including phenoxy) is 11. The highest BCUT2D eigenvalue weighted by Crippen LogP contribution is 2.20. The monoisotopic (exact) mass is 1770 g/mol. The quantitative estimate of drug-likeness (QED) is 0.0211. The minimum absolute atomic E-state index is 0. The molecule has 0 aliphatic rings. The van der Waals surface area contributed by atoms with Gasteiger partial charge in [0.05, 0.1) is 56.4 Å². The smallest absolute Gasteiger partial charge is 0.364 e. The standard InChI is InChI=1S/C53H96N2O12.C35H64N2O10.4ClH/c1-9-11-13-27-33-48(66-52(60)43-54(5,6)39-41-62-46(3)56)35-29-23-19-15-17-21-25-31-37-50(58)64-45-65-51(59)38-32-26-22-18-16-20-24-30-36-49(34-28-14-12-10-2)67-53(61)44-55(7,8)40-42-63-47(4)57;1-8-9-10-17-20-32(47-35(42)28-37(6,7)24-26-44-31(3)39)21-18-15-13-11-12-14-16-19-22-33(40)45-29-46-34(41)27-36(4,5)23-25-43-30(2)38;;;;/h23-24,29-30,48-49H,9-22,25-28,31-45H2,1-8H3;15,18,32H,8-14,16-17,19-29H2,1-7H3;4*1H/q2*+2;;;;/p-4/b29-23-,30-24-;18-15-;;;;/t48-,49+;32-;;;;/m.1..../s1. The van der Waals surface area contributed by atoms with E-state index in [1.165, 1.54) is 47.0 Å². The highest BCUT2D eigenvalue weighted by atomic mass is 35.5. The van der Waals surface area contributed by atoms with Crippen LogP contribution in [0.25, 0.3) is 0 Å². The lowest BCUT2D eigenvalue weighted by Gasteiger charge is -2.29. The average Bonchev–Trinajstić information content (AvgIpc) is 0.916. The van der Waals surface area contributed by atoms with Crippen molar-refractivity contribution in [1.82, 2.24) is 0 Å². The van der Waals surface area contributed by atoms with Gasteiger partial charge in [-0.15, -0.1) is 0 Å². The van der Waals surface area contributed by atoms with Gasteiger partial charge < -0.3 is 120 Å². The van der Waals surface area contributed by atoms with Crippen molar-refractivity contribution in [2.45, 2.75) is 317 Å². The van der Waals surface area contributed by atoms with Crippen LogP contribution in [0.15, 0.2) is 36.5 Å². The second kappa shape index (κ2) is 79.8. The summed E-state index contributed by atoms with van der Waals surface area (Å²) in [4.78, 5) is 131. The van der Waals surface area contributed by atoms with E-state index in [0.717, 1.165) is 186 Å². The molecule has 0 unspecified atom stereocenters. The van der Waals surface area contributed by atoms with Gasteiger partial charge in [0.15, 0.2) is 26.2 Å². The Hall–Kier alpha value is -5.61. The molecule has 0 heterocycles. The molecule has 26 nitrogen and oxygen atoms in total. The molecule has 0 spiro atoms. The molecular formula is C88H160Cl4N4O22. The minimum Gasteiger partial charge on any atom is -1.00 e. The summed E-state index contributed by atoms with van der Waals surface area (Å²) in [6.45, 7) is 15.1. The van der Waals surface area contributed by atoms with Gasteiger partial charge in [-0.1, -0.05) is 173 Å². The zero-order valence-electron chi connectivity index (χ0n) is 75.5. The van der Waals surface area contributed by atoms with E-state index >= 15 is 0 Å². The van der Waals surface area contributed by atoms with E-state index < -0.39 is 18.7 Å². The average molecular weight is 1770 g/mol. The molecule has 0 bridgehead atoms. The Labute approximate surface area is 736 Å². The number of quaternary nitrogens is 4. The molecule has 0 aliphatic heterocycles. The number of nitrogens with zero attached hydrogens (tertiary/aromatic N) is 4. The van der Waals surface area contributed by atoms with Gasteiger partial charge in [0.1, 0.15) is 70.9 Å². The number of esters is 11. The van der Waals surface area contributed by atoms with Crippen LogP contribution in [0.5, 0.6) is 0 Å². The van der Waals surface area contributed by atoms with Crippen molar-refractivity contribution in [3.63, 3.8) is 0 Å². The lowest BCUT2D eigenvalue weighted by molar-refractivity contribution is -0.883. The van der Waals surface area contributed by atoms with Gasteiger partial charge >= 0.3 is 65.7 Å². The zero-order chi connectivity index (χ0) is 85.6. The van der Waals surface area contributed by atoms with Crippen molar-refractivity contribution in [1.29, 1.82) is 0 Å². The molecule has 692 valence electrons. The summed E-state index contributed by atoms with van der Waals surface area (Å²) < 4.78 is 59.4. The maximum atomic E-state index is 12.8. The number of carbonyl (C=O) groups is 11. The van der Waals surface area contributed by atoms with E-state index in [9.17, 15) is 52.7 Å². The van der Waals surface area contributed by atoms with Gasteiger partial charge in [-0.2, -0.15) is 0 Å². The van der Waals surface area contributed by atoms with E-state index in [1.807, 2.05) is 56.4 Å². The summed E-state index contributed by atoms with van der Waals surface area (Å²) in [5.41, 5.74) is 0. The Balaban J connectivity index is -0.000000544. The first-order valence-electron chi connectivity index (χ1n) is 43.1. The summed E-state index contributed by atoms with van der Waals surface area (Å²) in [5.74, 6) is -3.61. The minimum atomic E-state index is -0.490. The molecule has 0 fully saturated rings. The lowest BCUT2D eigenvalue weighted by Crippen LogP contribution is -3.00. The van der Waals surface area contributed by atoms with Crippen LogP contribution in [0.1, 0.15) is 299 Å². The summed E-state index contributed by atoms with van der Waals surface area (Å²) in [7, 11) is 15.2. The fourth-order valence-corrected chi connectivity index (χ4v) is 12.1. The Morgan fingerprint density at radius 3 is 0.703 bits per heavy atom. The molecule has 0 amide bonds. The lowest BCUT2D eigenvalue weighted by atomic mass is 10.1. The predicted molar refractivity (Wildman–Crippen MR) is 442 cm³/mol. The number of allylic oxidation sites excluding steroid dienone is 3. The number of likely N-dealkylation sites (N-methyl/N-ethyl adjacent to an activating group) is 4. The fourth-order valence-electron chi connectivity index (χ4n) is 12.1. The number of hydrogen-bond donors (Lipinski definition) is 0. The third-order valence-electron chi connectivity index (χ3n) is 19.1. The van der Waals surface area contributed by atoms with Crippen LogP contribution < -0.4 is 49.6 Å². The van der Waals surface area contributed by atoms with Gasteiger partial charge in [0.2, 0.25) is 13.6 Å². The number of rotatable bonds is 72. The Bertz CT molecular complexity index is 2620. The molecule has 0 N–H and O–H groups in total. The normalized spacial score (nSPS) is 12.2. The van der Waals surface area contributed by atoms with Crippen LogP contribution in [0.4, 0.5) is 0 Å². The highest BCUT2D eigenvalue weighted by molar-refractivity contribution is 5.73. The first kappa shape index (κ1) is 123. The maximum Gasteiger partial charge on any atom is 0.364 e. The van der Waals surface area contributed by atoms with Crippen molar-refractivity contribution >= 4 is 65.7 Å². The van der Waals surface area contributed by atoms with Gasteiger partial charge in [0.25, 0.3) is 0 Å². The molecule has 0 aliphatic carbocycles. The van der Waals surface area contributed by atoms with Crippen molar-refractivity contribution in [2.24, 2.45) is 0 Å². The van der Waals surface area contributed by atoms with E-state index in [0.29, 0.717) is 78.2 Å². The van der Waals surface area contributed by atoms with E-state index in [1.54, 1.807) is 0 Å². The molecule has 0 aromatic carbocycles. The Morgan fingerprint density at radius 1 is 0.254 bits per heavy atom. The van der Waals surface area contributed by atoms with Crippen LogP contribution in [0.2, 0.25) is 0 Å². The first-order chi connectivity index (χ1) is 54.1. The second-order valence-corrected chi connectivity index (χ2v) is 32.9.